The number of thioether (sulfide) groups is 1. The van der Waals surface area contributed by atoms with Crippen molar-refractivity contribution in [3.8, 4) is 0 Å². The number of hydrogen-bond donors (Lipinski definition) is 0. The quantitative estimate of drug-likeness (QED) is 0.819. The van der Waals surface area contributed by atoms with Crippen LogP contribution in [0, 0.1) is 13.8 Å². The minimum Gasteiger partial charge on any atom is -0.373 e. The molecule has 2 fully saturated rings. The molecule has 1 spiro atoms. The lowest BCUT2D eigenvalue weighted by atomic mass is 9.92. The molecule has 0 radical (unpaired) electrons. The fourth-order valence-electron chi connectivity index (χ4n) is 3.45. The average molecular weight is 375 g/mol. The van der Waals surface area contributed by atoms with Crippen molar-refractivity contribution in [2.45, 2.75) is 37.7 Å². The second kappa shape index (κ2) is 6.74. The molecule has 0 N–H and O–H groups in total. The molecule has 1 unspecified atom stereocenters. The first-order chi connectivity index (χ1) is 12.0. The van der Waals surface area contributed by atoms with Crippen LogP contribution in [0.3, 0.4) is 0 Å². The molecule has 4 nitrogen and oxygen atoms in total. The molecule has 1 amide bonds. The average Bonchev–Trinajstić information content (AvgIpc) is 3.16. The summed E-state index contributed by atoms with van der Waals surface area (Å²) in [6, 6.07) is 6.00. The van der Waals surface area contributed by atoms with E-state index in [1.807, 2.05) is 41.1 Å². The van der Waals surface area contributed by atoms with E-state index in [0.717, 1.165) is 35.7 Å². The predicted octanol–water partition coefficient (Wildman–Crippen LogP) is 3.68. The Labute approximate surface area is 156 Å². The van der Waals surface area contributed by atoms with Crippen LogP contribution in [0.5, 0.6) is 0 Å². The first-order valence-electron chi connectivity index (χ1n) is 8.55. The van der Waals surface area contributed by atoms with Gasteiger partial charge in [0.05, 0.1) is 22.3 Å². The van der Waals surface area contributed by atoms with Crippen LogP contribution in [-0.2, 0) is 11.3 Å². The minimum absolute atomic E-state index is 0.187. The molecular formula is C19H22N2O2S2. The number of pyridine rings is 1. The Hall–Kier alpha value is -1.37. The van der Waals surface area contributed by atoms with Crippen molar-refractivity contribution in [2.75, 3.05) is 18.8 Å². The van der Waals surface area contributed by atoms with E-state index in [4.69, 9.17) is 4.74 Å². The third-order valence-corrected chi connectivity index (χ3v) is 7.72. The van der Waals surface area contributed by atoms with E-state index in [2.05, 4.69) is 18.8 Å². The van der Waals surface area contributed by atoms with Crippen molar-refractivity contribution in [3.63, 3.8) is 0 Å². The molecule has 0 saturated carbocycles. The second-order valence-electron chi connectivity index (χ2n) is 7.00. The number of aromatic nitrogens is 1. The van der Waals surface area contributed by atoms with E-state index >= 15 is 0 Å². The summed E-state index contributed by atoms with van der Waals surface area (Å²) in [4.78, 5) is 20.8. The van der Waals surface area contributed by atoms with Crippen LogP contribution in [0.25, 0.3) is 0 Å². The third kappa shape index (κ3) is 3.48. The number of carbonyl (C=O) groups excluding carboxylic acids is 1. The van der Waals surface area contributed by atoms with Crippen molar-refractivity contribution >= 4 is 29.0 Å². The van der Waals surface area contributed by atoms with E-state index in [-0.39, 0.29) is 16.8 Å². The number of nitrogens with zero attached hydrogens (tertiary/aromatic N) is 2. The van der Waals surface area contributed by atoms with Crippen molar-refractivity contribution in [2.24, 2.45) is 0 Å². The molecule has 2 aromatic heterocycles. The summed E-state index contributed by atoms with van der Waals surface area (Å²) in [5.74, 6) is 1.20. The summed E-state index contributed by atoms with van der Waals surface area (Å²) in [6.07, 6.45) is 4.94. The van der Waals surface area contributed by atoms with Gasteiger partial charge in [-0.15, -0.1) is 23.1 Å². The van der Waals surface area contributed by atoms with Gasteiger partial charge in [-0.3, -0.25) is 9.78 Å². The summed E-state index contributed by atoms with van der Waals surface area (Å²) in [5.41, 5.74) is 2.32. The Balaban J connectivity index is 1.29. The normalized spacial score (nSPS) is 21.5. The summed E-state index contributed by atoms with van der Waals surface area (Å²) >= 11 is 3.58. The Morgan fingerprint density at radius 2 is 2.28 bits per heavy atom. The van der Waals surface area contributed by atoms with Gasteiger partial charge in [0.1, 0.15) is 0 Å². The Morgan fingerprint density at radius 1 is 1.44 bits per heavy atom. The highest BCUT2D eigenvalue weighted by Gasteiger charge is 2.51. The molecule has 2 aromatic rings. The highest BCUT2D eigenvalue weighted by Crippen LogP contribution is 2.46. The Morgan fingerprint density at radius 3 is 2.96 bits per heavy atom. The van der Waals surface area contributed by atoms with Crippen LogP contribution in [0.4, 0.5) is 0 Å². The molecule has 2 aliphatic rings. The van der Waals surface area contributed by atoms with Gasteiger partial charge >= 0.3 is 0 Å². The number of carbonyl (C=O) groups is 1. The van der Waals surface area contributed by atoms with Gasteiger partial charge in [-0.05, 0) is 43.5 Å². The topological polar surface area (TPSA) is 42.4 Å². The molecule has 132 valence electrons. The Bertz CT molecular complexity index is 749. The minimum atomic E-state index is 0.187. The number of hydrogen-bond acceptors (Lipinski definition) is 5. The van der Waals surface area contributed by atoms with Crippen LogP contribution in [0.15, 0.2) is 30.6 Å². The van der Waals surface area contributed by atoms with Gasteiger partial charge in [-0.2, -0.15) is 0 Å². The predicted molar refractivity (Wildman–Crippen MR) is 102 cm³/mol. The van der Waals surface area contributed by atoms with Crippen LogP contribution >= 0.6 is 23.1 Å². The molecule has 1 atom stereocenters. The lowest BCUT2D eigenvalue weighted by Gasteiger charge is -2.47. The van der Waals surface area contributed by atoms with Crippen molar-refractivity contribution < 1.29 is 9.53 Å². The molecule has 2 aliphatic heterocycles. The van der Waals surface area contributed by atoms with E-state index < -0.39 is 0 Å². The molecule has 25 heavy (non-hydrogen) atoms. The summed E-state index contributed by atoms with van der Waals surface area (Å²) < 4.78 is 6.26. The molecule has 6 heteroatoms. The number of rotatable bonds is 4. The number of aryl methyl sites for hydroxylation is 2. The standard InChI is InChI=1S/C19H22N2O2S2/c1-13-6-17(25-14(13)2)18(22)21-11-19(12-21)7-16(10-24-19)23-9-15-4-3-5-20-8-15/h3-6,8,16H,7,9-12H2,1-2H3. The summed E-state index contributed by atoms with van der Waals surface area (Å²) in [6.45, 7) is 6.45. The van der Waals surface area contributed by atoms with Gasteiger partial charge in [0.25, 0.3) is 5.91 Å². The molecule has 0 aliphatic carbocycles. The SMILES string of the molecule is Cc1cc(C(=O)N2CC3(CC(OCc4cccnc4)CS3)C2)sc1C. The number of amides is 1. The van der Waals surface area contributed by atoms with Crippen molar-refractivity contribution in [3.05, 3.63) is 51.5 Å². The van der Waals surface area contributed by atoms with Gasteiger partial charge < -0.3 is 9.64 Å². The third-order valence-electron chi connectivity index (χ3n) is 5.01. The van der Waals surface area contributed by atoms with E-state index in [0.29, 0.717) is 6.61 Å². The summed E-state index contributed by atoms with van der Waals surface area (Å²) in [7, 11) is 0. The summed E-state index contributed by atoms with van der Waals surface area (Å²) in [5, 5.41) is 0. The maximum Gasteiger partial charge on any atom is 0.264 e. The second-order valence-corrected chi connectivity index (χ2v) is 9.75. The molecule has 4 heterocycles. The molecule has 2 saturated heterocycles. The van der Waals surface area contributed by atoms with Gasteiger partial charge in [0.15, 0.2) is 0 Å². The van der Waals surface area contributed by atoms with E-state index in [1.165, 1.54) is 10.4 Å². The molecule has 0 bridgehead atoms. The lowest BCUT2D eigenvalue weighted by molar-refractivity contribution is 0.0256. The van der Waals surface area contributed by atoms with Crippen LogP contribution in [0.1, 0.15) is 32.1 Å². The zero-order valence-corrected chi connectivity index (χ0v) is 16.2. The van der Waals surface area contributed by atoms with Crippen molar-refractivity contribution in [1.82, 2.24) is 9.88 Å². The maximum absolute atomic E-state index is 12.6. The highest BCUT2D eigenvalue weighted by atomic mass is 32.2. The largest absolute Gasteiger partial charge is 0.373 e. The van der Waals surface area contributed by atoms with Gasteiger partial charge in [-0.1, -0.05) is 6.07 Å². The smallest absolute Gasteiger partial charge is 0.264 e. The fraction of sp³-hybridized carbons (Fsp3) is 0.474. The van der Waals surface area contributed by atoms with Gasteiger partial charge in [0.2, 0.25) is 0 Å². The lowest BCUT2D eigenvalue weighted by Crippen LogP contribution is -2.60. The molecule has 4 rings (SSSR count). The number of thiophene rings is 1. The highest BCUT2D eigenvalue weighted by molar-refractivity contribution is 8.01. The number of likely N-dealkylation sites (tertiary alicyclic amines) is 1. The van der Waals surface area contributed by atoms with Gasteiger partial charge in [-0.25, -0.2) is 0 Å². The van der Waals surface area contributed by atoms with Gasteiger partial charge in [0, 0.05) is 36.1 Å². The number of ether oxygens (including phenoxy) is 1. The zero-order valence-electron chi connectivity index (χ0n) is 14.5. The molecular weight excluding hydrogens is 352 g/mol. The van der Waals surface area contributed by atoms with E-state index in [9.17, 15) is 4.79 Å². The first-order valence-corrected chi connectivity index (χ1v) is 10.4. The van der Waals surface area contributed by atoms with E-state index in [1.54, 1.807) is 17.5 Å². The van der Waals surface area contributed by atoms with Crippen LogP contribution < -0.4 is 0 Å². The van der Waals surface area contributed by atoms with Crippen molar-refractivity contribution in [1.29, 1.82) is 0 Å². The monoisotopic (exact) mass is 374 g/mol. The van der Waals surface area contributed by atoms with Crippen LogP contribution in [-0.4, -0.2) is 45.5 Å². The maximum atomic E-state index is 12.6. The fourth-order valence-corrected chi connectivity index (χ4v) is 6.01. The first kappa shape index (κ1) is 17.1. The zero-order chi connectivity index (χ0) is 17.4. The molecule has 0 aromatic carbocycles. The van der Waals surface area contributed by atoms with Crippen LogP contribution in [0.2, 0.25) is 0 Å². The Kier molecular flexibility index (Phi) is 4.60.